The molecule has 1 atom stereocenters. The maximum absolute atomic E-state index is 11.7. The zero-order chi connectivity index (χ0) is 16.3. The number of nitrogens with two attached hydrogens (primary N) is 1. The van der Waals surface area contributed by atoms with Crippen molar-refractivity contribution in [3.8, 4) is 5.69 Å². The van der Waals surface area contributed by atoms with Crippen LogP contribution in [0.5, 0.6) is 0 Å². The first-order chi connectivity index (χ1) is 10.4. The highest BCUT2D eigenvalue weighted by molar-refractivity contribution is 8.00. The van der Waals surface area contributed by atoms with Crippen molar-refractivity contribution < 1.29 is 9.59 Å². The highest BCUT2D eigenvalue weighted by Gasteiger charge is 2.19. The first kappa shape index (κ1) is 16.3. The number of hydrogen-bond acceptors (Lipinski definition) is 5. The minimum atomic E-state index is -0.885. The minimum absolute atomic E-state index is 0.492. The molecule has 1 heterocycles. The molecule has 0 saturated heterocycles. The average molecular weight is 340 g/mol. The highest BCUT2D eigenvalue weighted by atomic mass is 35.5. The number of nitrogens with one attached hydrogen (secondary N) is 1. The maximum atomic E-state index is 11.7. The standard InChI is InChI=1S/C13H14ClN5O2S/c1-7-3-4-9(5-10(7)14)19-6-16-18-13(19)22-8(2)11(20)17-12(15)21/h3-6,8H,1-2H3,(H3,15,17,20,21)/t8-/m0/s1. The van der Waals surface area contributed by atoms with Crippen LogP contribution in [0.15, 0.2) is 29.7 Å². The number of urea groups is 1. The fraction of sp³-hybridized carbons (Fsp3) is 0.231. The second-order valence-corrected chi connectivity index (χ2v) is 6.25. The SMILES string of the molecule is Cc1ccc(-n2cnnc2S[C@@H](C)C(=O)NC(N)=O)cc1Cl. The van der Waals surface area contributed by atoms with Crippen molar-refractivity contribution in [1.82, 2.24) is 20.1 Å². The molecule has 3 amide bonds. The van der Waals surface area contributed by atoms with Crippen molar-refractivity contribution in [1.29, 1.82) is 0 Å². The molecule has 0 unspecified atom stereocenters. The van der Waals surface area contributed by atoms with E-state index >= 15 is 0 Å². The molecule has 22 heavy (non-hydrogen) atoms. The molecule has 0 radical (unpaired) electrons. The molecule has 0 spiro atoms. The fourth-order valence-electron chi connectivity index (χ4n) is 1.65. The molecule has 0 aliphatic carbocycles. The monoisotopic (exact) mass is 339 g/mol. The van der Waals surface area contributed by atoms with Crippen LogP contribution in [0.2, 0.25) is 5.02 Å². The van der Waals surface area contributed by atoms with Gasteiger partial charge in [-0.05, 0) is 31.5 Å². The van der Waals surface area contributed by atoms with Crippen molar-refractivity contribution in [2.75, 3.05) is 0 Å². The second-order valence-electron chi connectivity index (χ2n) is 4.53. The van der Waals surface area contributed by atoms with Gasteiger partial charge in [-0.2, -0.15) is 0 Å². The lowest BCUT2D eigenvalue weighted by Crippen LogP contribution is -2.39. The normalized spacial score (nSPS) is 12.0. The first-order valence-corrected chi connectivity index (χ1v) is 7.57. The molecule has 7 nitrogen and oxygen atoms in total. The maximum Gasteiger partial charge on any atom is 0.318 e. The van der Waals surface area contributed by atoms with Crippen molar-refractivity contribution >= 4 is 35.3 Å². The number of halogens is 1. The van der Waals surface area contributed by atoms with E-state index in [0.717, 1.165) is 23.0 Å². The van der Waals surface area contributed by atoms with Crippen molar-refractivity contribution in [2.45, 2.75) is 24.3 Å². The van der Waals surface area contributed by atoms with E-state index in [-0.39, 0.29) is 0 Å². The van der Waals surface area contributed by atoms with Crippen LogP contribution in [-0.4, -0.2) is 32.0 Å². The Kier molecular flexibility index (Phi) is 5.04. The number of carbonyl (C=O) groups is 2. The number of rotatable bonds is 4. The largest absolute Gasteiger partial charge is 0.351 e. The van der Waals surface area contributed by atoms with E-state index in [1.807, 2.05) is 24.4 Å². The predicted molar refractivity (Wildman–Crippen MR) is 84.2 cm³/mol. The van der Waals surface area contributed by atoms with E-state index in [1.54, 1.807) is 17.6 Å². The third-order valence-electron chi connectivity index (χ3n) is 2.85. The van der Waals surface area contributed by atoms with E-state index in [1.165, 1.54) is 6.33 Å². The molecule has 116 valence electrons. The lowest BCUT2D eigenvalue weighted by Gasteiger charge is -2.11. The molecule has 2 rings (SSSR count). The summed E-state index contributed by atoms with van der Waals surface area (Å²) in [5.74, 6) is -0.492. The Labute approximate surface area is 136 Å². The lowest BCUT2D eigenvalue weighted by atomic mass is 10.2. The predicted octanol–water partition coefficient (Wildman–Crippen LogP) is 1.90. The number of thioether (sulfide) groups is 1. The number of primary amides is 1. The van der Waals surface area contributed by atoms with E-state index in [2.05, 4.69) is 10.2 Å². The Morgan fingerprint density at radius 2 is 2.18 bits per heavy atom. The number of carbonyl (C=O) groups excluding carboxylic acids is 2. The number of aromatic nitrogens is 3. The van der Waals surface area contributed by atoms with Crippen LogP contribution in [0.4, 0.5) is 4.79 Å². The summed E-state index contributed by atoms with van der Waals surface area (Å²) >= 11 is 7.28. The van der Waals surface area contributed by atoms with Crippen LogP contribution >= 0.6 is 23.4 Å². The van der Waals surface area contributed by atoms with Gasteiger partial charge in [-0.3, -0.25) is 14.7 Å². The van der Waals surface area contributed by atoms with Crippen LogP contribution < -0.4 is 11.1 Å². The number of amides is 3. The Balaban J connectivity index is 2.20. The molecule has 0 bridgehead atoms. The van der Waals surface area contributed by atoms with Crippen molar-refractivity contribution in [2.24, 2.45) is 5.73 Å². The highest BCUT2D eigenvalue weighted by Crippen LogP contribution is 2.26. The third kappa shape index (κ3) is 3.77. The summed E-state index contributed by atoms with van der Waals surface area (Å²) in [6, 6.07) is 4.67. The summed E-state index contributed by atoms with van der Waals surface area (Å²) in [7, 11) is 0. The van der Waals surface area contributed by atoms with Gasteiger partial charge in [0, 0.05) is 5.02 Å². The summed E-state index contributed by atoms with van der Waals surface area (Å²) in [5.41, 5.74) is 6.67. The first-order valence-electron chi connectivity index (χ1n) is 6.32. The van der Waals surface area contributed by atoms with Crippen LogP contribution in [0.25, 0.3) is 5.69 Å². The number of benzene rings is 1. The van der Waals surface area contributed by atoms with Gasteiger partial charge >= 0.3 is 6.03 Å². The zero-order valence-corrected chi connectivity index (χ0v) is 13.5. The summed E-state index contributed by atoms with van der Waals surface area (Å²) in [4.78, 5) is 22.4. The molecule has 1 aromatic heterocycles. The Morgan fingerprint density at radius 3 is 2.82 bits per heavy atom. The van der Waals surface area contributed by atoms with Crippen LogP contribution in [0, 0.1) is 6.92 Å². The Morgan fingerprint density at radius 1 is 1.45 bits per heavy atom. The van der Waals surface area contributed by atoms with Gasteiger partial charge in [0.15, 0.2) is 5.16 Å². The van der Waals surface area contributed by atoms with E-state index in [0.29, 0.717) is 10.2 Å². The van der Waals surface area contributed by atoms with Crippen LogP contribution in [-0.2, 0) is 4.79 Å². The average Bonchev–Trinajstić information content (AvgIpc) is 2.89. The zero-order valence-electron chi connectivity index (χ0n) is 11.9. The number of imide groups is 1. The van der Waals surface area contributed by atoms with Crippen LogP contribution in [0.1, 0.15) is 12.5 Å². The van der Waals surface area contributed by atoms with E-state index in [4.69, 9.17) is 17.3 Å². The van der Waals surface area contributed by atoms with Gasteiger partial charge in [-0.25, -0.2) is 4.79 Å². The molecule has 2 aromatic rings. The number of nitrogens with zero attached hydrogens (tertiary/aromatic N) is 3. The van der Waals surface area contributed by atoms with Crippen molar-refractivity contribution in [3.05, 3.63) is 35.1 Å². The van der Waals surface area contributed by atoms with Crippen LogP contribution in [0.3, 0.4) is 0 Å². The summed E-state index contributed by atoms with van der Waals surface area (Å²) in [6.45, 7) is 3.55. The van der Waals surface area contributed by atoms with Gasteiger partial charge in [0.05, 0.1) is 10.9 Å². The van der Waals surface area contributed by atoms with Gasteiger partial charge in [-0.1, -0.05) is 29.4 Å². The van der Waals surface area contributed by atoms with E-state index in [9.17, 15) is 9.59 Å². The third-order valence-corrected chi connectivity index (χ3v) is 4.31. The van der Waals surface area contributed by atoms with Gasteiger partial charge < -0.3 is 5.73 Å². The minimum Gasteiger partial charge on any atom is -0.351 e. The molecule has 3 N–H and O–H groups in total. The number of hydrogen-bond donors (Lipinski definition) is 2. The topological polar surface area (TPSA) is 103 Å². The molecule has 0 saturated carbocycles. The quantitative estimate of drug-likeness (QED) is 0.828. The van der Waals surface area contributed by atoms with Gasteiger partial charge in [0.1, 0.15) is 6.33 Å². The molecular weight excluding hydrogens is 326 g/mol. The summed E-state index contributed by atoms with van der Waals surface area (Å²) < 4.78 is 1.71. The summed E-state index contributed by atoms with van der Waals surface area (Å²) in [6.07, 6.45) is 1.53. The Bertz CT molecular complexity index is 718. The van der Waals surface area contributed by atoms with Crippen molar-refractivity contribution in [3.63, 3.8) is 0 Å². The summed E-state index contributed by atoms with van der Waals surface area (Å²) in [5, 5.41) is 10.4. The Hall–Kier alpha value is -2.06. The molecule has 0 fully saturated rings. The molecular formula is C13H14ClN5O2S. The second kappa shape index (κ2) is 6.80. The molecule has 1 aromatic carbocycles. The van der Waals surface area contributed by atoms with E-state index < -0.39 is 17.2 Å². The lowest BCUT2D eigenvalue weighted by molar-refractivity contribution is -0.119. The fourth-order valence-corrected chi connectivity index (χ4v) is 2.67. The van der Waals surface area contributed by atoms with Gasteiger partial charge in [0.25, 0.3) is 0 Å². The van der Waals surface area contributed by atoms with Gasteiger partial charge in [-0.15, -0.1) is 10.2 Å². The number of aryl methyl sites for hydroxylation is 1. The molecule has 9 heteroatoms. The van der Waals surface area contributed by atoms with Gasteiger partial charge in [0.2, 0.25) is 5.91 Å². The molecule has 0 aliphatic heterocycles. The molecule has 0 aliphatic rings. The smallest absolute Gasteiger partial charge is 0.318 e.